The Morgan fingerprint density at radius 1 is 1.19 bits per heavy atom. The van der Waals surface area contributed by atoms with Gasteiger partial charge in [0.05, 0.1) is 0 Å². The van der Waals surface area contributed by atoms with Crippen LogP contribution in [0.5, 0.6) is 0 Å². The predicted octanol–water partition coefficient (Wildman–Crippen LogP) is 3.39. The van der Waals surface area contributed by atoms with Crippen molar-refractivity contribution in [3.05, 3.63) is 0 Å². The molecule has 0 bridgehead atoms. The molecule has 0 saturated carbocycles. The van der Waals surface area contributed by atoms with Crippen LogP contribution in [-0.2, 0) is 0 Å². The van der Waals surface area contributed by atoms with Gasteiger partial charge in [0.2, 0.25) is 0 Å². The zero-order chi connectivity index (χ0) is 15.2. The second kappa shape index (κ2) is 9.04. The van der Waals surface area contributed by atoms with Crippen LogP contribution in [-0.4, -0.2) is 56.1 Å². The molecule has 2 heterocycles. The van der Waals surface area contributed by atoms with Crippen LogP contribution in [0.1, 0.15) is 45.4 Å². The maximum absolute atomic E-state index is 3.32. The number of likely N-dealkylation sites (tertiary alicyclic amines) is 2. The third kappa shape index (κ3) is 5.63. The standard InChI is InChI=1S/C17H34IN3/c1-14-10-17(11-19-18)21(3)13-16(14)8-4-6-15-7-5-9-20(2)12-15/h14-17,19H,4-13H2,1-3H3. The van der Waals surface area contributed by atoms with E-state index in [9.17, 15) is 0 Å². The highest BCUT2D eigenvalue weighted by molar-refractivity contribution is 14.1. The number of halogens is 1. The maximum atomic E-state index is 3.32. The van der Waals surface area contributed by atoms with Crippen LogP contribution >= 0.6 is 22.9 Å². The summed E-state index contributed by atoms with van der Waals surface area (Å²) in [5.74, 6) is 2.78. The molecule has 2 aliphatic heterocycles. The van der Waals surface area contributed by atoms with Gasteiger partial charge in [-0.25, -0.2) is 0 Å². The number of nitrogens with one attached hydrogen (secondary N) is 1. The van der Waals surface area contributed by atoms with Crippen molar-refractivity contribution in [1.82, 2.24) is 13.3 Å². The summed E-state index contributed by atoms with van der Waals surface area (Å²) in [6.07, 6.45) is 8.58. The molecule has 0 aromatic rings. The lowest BCUT2D eigenvalue weighted by Crippen LogP contribution is -2.47. The number of likely N-dealkylation sites (N-methyl/N-ethyl adjacent to an activating group) is 1. The van der Waals surface area contributed by atoms with Crippen molar-refractivity contribution >= 4 is 22.9 Å². The van der Waals surface area contributed by atoms with E-state index in [0.717, 1.165) is 30.3 Å². The van der Waals surface area contributed by atoms with Crippen molar-refractivity contribution in [3.63, 3.8) is 0 Å². The minimum atomic E-state index is 0.736. The van der Waals surface area contributed by atoms with E-state index in [1.807, 2.05) is 0 Å². The van der Waals surface area contributed by atoms with E-state index in [0.29, 0.717) is 0 Å². The Labute approximate surface area is 145 Å². The zero-order valence-corrected chi connectivity index (χ0v) is 16.3. The fraction of sp³-hybridized carbons (Fsp3) is 1.00. The number of hydrogen-bond donors (Lipinski definition) is 1. The molecule has 0 aromatic heterocycles. The first-order chi connectivity index (χ1) is 10.1. The largest absolute Gasteiger partial charge is 0.306 e. The summed E-state index contributed by atoms with van der Waals surface area (Å²) in [6.45, 7) is 7.56. The summed E-state index contributed by atoms with van der Waals surface area (Å²) in [7, 11) is 4.60. The lowest BCUT2D eigenvalue weighted by atomic mass is 9.79. The van der Waals surface area contributed by atoms with Gasteiger partial charge in [0.25, 0.3) is 0 Å². The fourth-order valence-electron chi connectivity index (χ4n) is 4.38. The van der Waals surface area contributed by atoms with E-state index in [1.165, 1.54) is 58.2 Å². The van der Waals surface area contributed by atoms with E-state index in [-0.39, 0.29) is 0 Å². The van der Waals surface area contributed by atoms with Crippen LogP contribution in [0.2, 0.25) is 0 Å². The van der Waals surface area contributed by atoms with Crippen LogP contribution in [0.15, 0.2) is 0 Å². The molecule has 2 aliphatic rings. The van der Waals surface area contributed by atoms with Crippen molar-refractivity contribution in [2.24, 2.45) is 17.8 Å². The molecule has 4 unspecified atom stereocenters. The first-order valence-corrected chi connectivity index (χ1v) is 9.90. The molecule has 4 atom stereocenters. The van der Waals surface area contributed by atoms with Gasteiger partial charge in [-0.15, -0.1) is 0 Å². The molecule has 1 N–H and O–H groups in total. The Hall–Kier alpha value is 0.610. The fourth-order valence-corrected chi connectivity index (χ4v) is 4.89. The summed E-state index contributed by atoms with van der Waals surface area (Å²) in [5.41, 5.74) is 0. The molecular weight excluding hydrogens is 373 g/mol. The Morgan fingerprint density at radius 3 is 2.71 bits per heavy atom. The van der Waals surface area contributed by atoms with Crippen molar-refractivity contribution in [3.8, 4) is 0 Å². The van der Waals surface area contributed by atoms with Crippen LogP contribution in [0, 0.1) is 17.8 Å². The van der Waals surface area contributed by atoms with E-state index >= 15 is 0 Å². The van der Waals surface area contributed by atoms with Gasteiger partial charge in [-0.1, -0.05) is 13.3 Å². The minimum absolute atomic E-state index is 0.736. The number of hydrogen-bond acceptors (Lipinski definition) is 3. The summed E-state index contributed by atoms with van der Waals surface area (Å²) >= 11 is 2.28. The topological polar surface area (TPSA) is 18.5 Å². The average molecular weight is 407 g/mol. The number of piperidine rings is 2. The molecule has 2 fully saturated rings. The minimum Gasteiger partial charge on any atom is -0.306 e. The van der Waals surface area contributed by atoms with Crippen molar-refractivity contribution in [2.75, 3.05) is 40.3 Å². The molecular formula is C17H34IN3. The maximum Gasteiger partial charge on any atom is 0.0228 e. The quantitative estimate of drug-likeness (QED) is 0.538. The van der Waals surface area contributed by atoms with E-state index in [2.05, 4.69) is 57.2 Å². The summed E-state index contributed by atoms with van der Waals surface area (Å²) in [6, 6.07) is 0.736. The lowest BCUT2D eigenvalue weighted by molar-refractivity contribution is 0.0871. The highest BCUT2D eigenvalue weighted by Crippen LogP contribution is 2.31. The van der Waals surface area contributed by atoms with Gasteiger partial charge < -0.3 is 9.80 Å². The van der Waals surface area contributed by atoms with Gasteiger partial charge in [0.15, 0.2) is 0 Å². The van der Waals surface area contributed by atoms with Crippen LogP contribution in [0.3, 0.4) is 0 Å². The Balaban J connectivity index is 1.68. The van der Waals surface area contributed by atoms with Crippen LogP contribution in [0.25, 0.3) is 0 Å². The van der Waals surface area contributed by atoms with Gasteiger partial charge in [-0.3, -0.25) is 3.53 Å². The Morgan fingerprint density at radius 2 is 2.00 bits per heavy atom. The second-order valence-corrected chi connectivity index (χ2v) is 8.37. The molecule has 0 spiro atoms. The first kappa shape index (κ1) is 18.0. The lowest BCUT2D eigenvalue weighted by Gasteiger charge is -2.41. The predicted molar refractivity (Wildman–Crippen MR) is 99.8 cm³/mol. The number of nitrogens with zero attached hydrogens (tertiary/aromatic N) is 2. The molecule has 3 nitrogen and oxygen atoms in total. The average Bonchev–Trinajstić information content (AvgIpc) is 2.44. The third-order valence-corrected chi connectivity index (χ3v) is 6.26. The molecule has 21 heavy (non-hydrogen) atoms. The van der Waals surface area contributed by atoms with E-state index in [1.54, 1.807) is 0 Å². The van der Waals surface area contributed by atoms with Gasteiger partial charge >= 0.3 is 0 Å². The highest BCUT2D eigenvalue weighted by Gasteiger charge is 2.30. The Kier molecular flexibility index (Phi) is 7.73. The first-order valence-electron chi connectivity index (χ1n) is 8.82. The van der Waals surface area contributed by atoms with E-state index in [4.69, 9.17) is 0 Å². The highest BCUT2D eigenvalue weighted by atomic mass is 127. The molecule has 0 aromatic carbocycles. The van der Waals surface area contributed by atoms with Crippen molar-refractivity contribution < 1.29 is 0 Å². The van der Waals surface area contributed by atoms with Gasteiger partial charge in [-0.2, -0.15) is 0 Å². The molecule has 2 saturated heterocycles. The molecule has 4 heteroatoms. The molecule has 0 radical (unpaired) electrons. The van der Waals surface area contributed by atoms with Crippen LogP contribution in [0.4, 0.5) is 0 Å². The second-order valence-electron chi connectivity index (χ2n) is 7.61. The van der Waals surface area contributed by atoms with Gasteiger partial charge in [-0.05, 0) is 70.5 Å². The third-order valence-electron chi connectivity index (χ3n) is 5.82. The normalized spacial score (nSPS) is 36.0. The van der Waals surface area contributed by atoms with Crippen molar-refractivity contribution in [2.45, 2.75) is 51.5 Å². The number of rotatable bonds is 6. The Bertz CT molecular complexity index is 300. The van der Waals surface area contributed by atoms with Crippen molar-refractivity contribution in [1.29, 1.82) is 0 Å². The summed E-state index contributed by atoms with van der Waals surface area (Å²) < 4.78 is 3.32. The molecule has 0 aliphatic carbocycles. The van der Waals surface area contributed by atoms with Gasteiger partial charge in [0, 0.05) is 48.5 Å². The molecule has 2 rings (SSSR count). The summed E-state index contributed by atoms with van der Waals surface area (Å²) in [4.78, 5) is 5.11. The monoisotopic (exact) mass is 407 g/mol. The summed E-state index contributed by atoms with van der Waals surface area (Å²) in [5, 5.41) is 0. The molecule has 0 amide bonds. The van der Waals surface area contributed by atoms with Gasteiger partial charge in [0.1, 0.15) is 0 Å². The van der Waals surface area contributed by atoms with E-state index < -0.39 is 0 Å². The smallest absolute Gasteiger partial charge is 0.0228 e. The van der Waals surface area contributed by atoms with Crippen LogP contribution < -0.4 is 3.53 Å². The molecule has 124 valence electrons. The SMILES string of the molecule is CC1CC(CNI)N(C)CC1CCCC1CCCN(C)C1. The zero-order valence-electron chi connectivity index (χ0n) is 14.2.